The standard InChI is InChI=1S/C8H12N2O2S2/c11-14(12,8-1-3-9-5-8)10-7-2-4-13-6-7/h2,4,6,8-10H,1,3,5H2. The molecule has 1 aromatic heterocycles. The monoisotopic (exact) mass is 232 g/mol. The molecule has 0 spiro atoms. The summed E-state index contributed by atoms with van der Waals surface area (Å²) in [5.41, 5.74) is 0.668. The average Bonchev–Trinajstić information content (AvgIpc) is 2.71. The van der Waals surface area contributed by atoms with Crippen molar-refractivity contribution in [1.29, 1.82) is 0 Å². The molecule has 1 aromatic rings. The fraction of sp³-hybridized carbons (Fsp3) is 0.500. The molecule has 1 unspecified atom stereocenters. The minimum absolute atomic E-state index is 0.289. The van der Waals surface area contributed by atoms with Crippen molar-refractivity contribution >= 4 is 27.0 Å². The summed E-state index contributed by atoms with van der Waals surface area (Å²) in [6.45, 7) is 1.34. The lowest BCUT2D eigenvalue weighted by Crippen LogP contribution is -2.29. The van der Waals surface area contributed by atoms with E-state index in [1.807, 2.05) is 5.38 Å². The van der Waals surface area contributed by atoms with E-state index in [1.54, 1.807) is 11.4 Å². The maximum absolute atomic E-state index is 11.8. The quantitative estimate of drug-likeness (QED) is 0.812. The highest BCUT2D eigenvalue weighted by Gasteiger charge is 2.28. The molecule has 1 aliphatic heterocycles. The third-order valence-electron chi connectivity index (χ3n) is 2.24. The number of anilines is 1. The van der Waals surface area contributed by atoms with Gasteiger partial charge in [-0.2, -0.15) is 11.3 Å². The van der Waals surface area contributed by atoms with Gasteiger partial charge in [0.25, 0.3) is 0 Å². The Morgan fingerprint density at radius 1 is 1.57 bits per heavy atom. The van der Waals surface area contributed by atoms with Crippen molar-refractivity contribution in [3.63, 3.8) is 0 Å². The number of hydrogen-bond donors (Lipinski definition) is 2. The van der Waals surface area contributed by atoms with Crippen LogP contribution in [0.15, 0.2) is 16.8 Å². The van der Waals surface area contributed by atoms with Crippen molar-refractivity contribution in [2.75, 3.05) is 17.8 Å². The average molecular weight is 232 g/mol. The van der Waals surface area contributed by atoms with Gasteiger partial charge in [-0.05, 0) is 24.4 Å². The maximum atomic E-state index is 11.8. The second kappa shape index (κ2) is 3.88. The van der Waals surface area contributed by atoms with Crippen LogP contribution in [0.2, 0.25) is 0 Å². The molecule has 1 aliphatic rings. The number of rotatable bonds is 3. The zero-order valence-electron chi connectivity index (χ0n) is 7.56. The van der Waals surface area contributed by atoms with E-state index in [1.165, 1.54) is 11.3 Å². The Bertz CT molecular complexity index is 379. The molecule has 0 aliphatic carbocycles. The van der Waals surface area contributed by atoms with Gasteiger partial charge in [0, 0.05) is 11.9 Å². The number of thiophene rings is 1. The van der Waals surface area contributed by atoms with Crippen molar-refractivity contribution < 1.29 is 8.42 Å². The predicted octanol–water partition coefficient (Wildman–Crippen LogP) is 0.852. The number of sulfonamides is 1. The fourth-order valence-electron chi connectivity index (χ4n) is 1.46. The van der Waals surface area contributed by atoms with E-state index in [2.05, 4.69) is 10.0 Å². The highest BCUT2D eigenvalue weighted by molar-refractivity contribution is 7.93. The van der Waals surface area contributed by atoms with E-state index in [-0.39, 0.29) is 5.25 Å². The van der Waals surface area contributed by atoms with Gasteiger partial charge in [-0.25, -0.2) is 8.42 Å². The van der Waals surface area contributed by atoms with Crippen LogP contribution >= 0.6 is 11.3 Å². The fourth-order valence-corrected chi connectivity index (χ4v) is 3.51. The van der Waals surface area contributed by atoms with Crippen LogP contribution in [0.3, 0.4) is 0 Å². The lowest BCUT2D eigenvalue weighted by Gasteiger charge is -2.11. The second-order valence-corrected chi connectivity index (χ2v) is 6.01. The van der Waals surface area contributed by atoms with Crippen LogP contribution in [-0.2, 0) is 10.0 Å². The summed E-state index contributed by atoms with van der Waals surface area (Å²) < 4.78 is 26.1. The first-order chi connectivity index (χ1) is 6.68. The molecule has 2 heterocycles. The van der Waals surface area contributed by atoms with Crippen LogP contribution in [0.1, 0.15) is 6.42 Å². The summed E-state index contributed by atoms with van der Waals surface area (Å²) >= 11 is 1.48. The Balaban J connectivity index is 2.09. The van der Waals surface area contributed by atoms with E-state index in [0.717, 1.165) is 6.54 Å². The molecule has 0 radical (unpaired) electrons. The first kappa shape index (κ1) is 9.95. The first-order valence-electron chi connectivity index (χ1n) is 4.43. The molecule has 78 valence electrons. The minimum Gasteiger partial charge on any atom is -0.315 e. The lowest BCUT2D eigenvalue weighted by molar-refractivity contribution is 0.588. The maximum Gasteiger partial charge on any atom is 0.236 e. The van der Waals surface area contributed by atoms with Gasteiger partial charge in [-0.3, -0.25) is 4.72 Å². The van der Waals surface area contributed by atoms with Gasteiger partial charge in [-0.15, -0.1) is 0 Å². The van der Waals surface area contributed by atoms with E-state index < -0.39 is 10.0 Å². The van der Waals surface area contributed by atoms with Crippen LogP contribution in [0.5, 0.6) is 0 Å². The summed E-state index contributed by atoms with van der Waals surface area (Å²) in [4.78, 5) is 0. The summed E-state index contributed by atoms with van der Waals surface area (Å²) in [6, 6.07) is 1.77. The molecule has 0 bridgehead atoms. The van der Waals surface area contributed by atoms with E-state index in [9.17, 15) is 8.42 Å². The van der Waals surface area contributed by atoms with Gasteiger partial charge in [-0.1, -0.05) is 0 Å². The van der Waals surface area contributed by atoms with Gasteiger partial charge in [0.05, 0.1) is 10.9 Å². The van der Waals surface area contributed by atoms with E-state index in [0.29, 0.717) is 18.7 Å². The van der Waals surface area contributed by atoms with Crippen LogP contribution in [0, 0.1) is 0 Å². The molecule has 4 nitrogen and oxygen atoms in total. The minimum atomic E-state index is -3.19. The second-order valence-electron chi connectivity index (χ2n) is 3.27. The zero-order valence-corrected chi connectivity index (χ0v) is 9.20. The third-order valence-corrected chi connectivity index (χ3v) is 4.72. The summed E-state index contributed by atoms with van der Waals surface area (Å²) in [5.74, 6) is 0. The Hall–Kier alpha value is -0.590. The summed E-state index contributed by atoms with van der Waals surface area (Å²) in [5, 5.41) is 6.40. The Morgan fingerprint density at radius 3 is 3.00 bits per heavy atom. The number of hydrogen-bond acceptors (Lipinski definition) is 4. The summed E-state index contributed by atoms with van der Waals surface area (Å²) in [7, 11) is -3.19. The summed E-state index contributed by atoms with van der Waals surface area (Å²) in [6.07, 6.45) is 0.694. The van der Waals surface area contributed by atoms with Crippen molar-refractivity contribution in [3.05, 3.63) is 16.8 Å². The van der Waals surface area contributed by atoms with Crippen LogP contribution in [0.4, 0.5) is 5.69 Å². The molecule has 1 saturated heterocycles. The molecule has 14 heavy (non-hydrogen) atoms. The smallest absolute Gasteiger partial charge is 0.236 e. The Labute approximate surface area is 87.4 Å². The molecular weight excluding hydrogens is 220 g/mol. The molecular formula is C8H12N2O2S2. The zero-order chi connectivity index (χ0) is 10.0. The Kier molecular flexibility index (Phi) is 2.76. The third kappa shape index (κ3) is 2.08. The van der Waals surface area contributed by atoms with Crippen molar-refractivity contribution in [2.24, 2.45) is 0 Å². The lowest BCUT2D eigenvalue weighted by atomic mass is 10.4. The molecule has 2 rings (SSSR count). The van der Waals surface area contributed by atoms with Gasteiger partial charge in [0.1, 0.15) is 0 Å². The van der Waals surface area contributed by atoms with Gasteiger partial charge in [0.2, 0.25) is 10.0 Å². The Morgan fingerprint density at radius 2 is 2.43 bits per heavy atom. The topological polar surface area (TPSA) is 58.2 Å². The molecule has 6 heteroatoms. The van der Waals surface area contributed by atoms with Crippen molar-refractivity contribution in [2.45, 2.75) is 11.7 Å². The van der Waals surface area contributed by atoms with E-state index in [4.69, 9.17) is 0 Å². The molecule has 1 fully saturated rings. The molecule has 0 saturated carbocycles. The van der Waals surface area contributed by atoms with Crippen LogP contribution < -0.4 is 10.0 Å². The number of nitrogens with one attached hydrogen (secondary N) is 2. The molecule has 2 N–H and O–H groups in total. The van der Waals surface area contributed by atoms with Crippen molar-refractivity contribution in [3.8, 4) is 0 Å². The van der Waals surface area contributed by atoms with Gasteiger partial charge < -0.3 is 5.32 Å². The highest BCUT2D eigenvalue weighted by atomic mass is 32.2. The van der Waals surface area contributed by atoms with Gasteiger partial charge in [0.15, 0.2) is 0 Å². The highest BCUT2D eigenvalue weighted by Crippen LogP contribution is 2.17. The van der Waals surface area contributed by atoms with Crippen LogP contribution in [-0.4, -0.2) is 26.8 Å². The first-order valence-corrected chi connectivity index (χ1v) is 6.92. The van der Waals surface area contributed by atoms with Crippen LogP contribution in [0.25, 0.3) is 0 Å². The van der Waals surface area contributed by atoms with Crippen molar-refractivity contribution in [1.82, 2.24) is 5.32 Å². The SMILES string of the molecule is O=S(=O)(Nc1ccsc1)C1CCNC1. The predicted molar refractivity (Wildman–Crippen MR) is 58.1 cm³/mol. The molecule has 1 atom stereocenters. The largest absolute Gasteiger partial charge is 0.315 e. The molecule has 0 amide bonds. The van der Waals surface area contributed by atoms with Gasteiger partial charge >= 0.3 is 0 Å². The normalized spacial score (nSPS) is 22.4. The molecule has 0 aromatic carbocycles. The van der Waals surface area contributed by atoms with E-state index >= 15 is 0 Å².